The van der Waals surface area contributed by atoms with E-state index in [0.29, 0.717) is 12.0 Å². The number of aromatic nitrogens is 2. The van der Waals surface area contributed by atoms with Crippen LogP contribution in [0.15, 0.2) is 34.9 Å². The molecule has 1 N–H and O–H groups in total. The van der Waals surface area contributed by atoms with Crippen molar-refractivity contribution in [3.05, 3.63) is 46.2 Å². The van der Waals surface area contributed by atoms with Gasteiger partial charge in [0.1, 0.15) is 0 Å². The highest BCUT2D eigenvalue weighted by molar-refractivity contribution is 9.10. The van der Waals surface area contributed by atoms with Crippen LogP contribution in [0.2, 0.25) is 0 Å². The van der Waals surface area contributed by atoms with Gasteiger partial charge in [0.25, 0.3) is 0 Å². The highest BCUT2D eigenvalue weighted by atomic mass is 79.9. The summed E-state index contributed by atoms with van der Waals surface area (Å²) >= 11 is 3.61. The fourth-order valence-electron chi connectivity index (χ4n) is 2.27. The number of rotatable bonds is 5. The van der Waals surface area contributed by atoms with Crippen LogP contribution in [0.4, 0.5) is 0 Å². The van der Waals surface area contributed by atoms with Gasteiger partial charge in [0.05, 0.1) is 17.6 Å². The summed E-state index contributed by atoms with van der Waals surface area (Å²) in [5.41, 5.74) is 3.63. The molecule has 2 aromatic rings. The average molecular weight is 336 g/mol. The molecule has 0 bridgehead atoms. The van der Waals surface area contributed by atoms with E-state index in [1.165, 1.54) is 11.3 Å². The summed E-state index contributed by atoms with van der Waals surface area (Å²) in [6.07, 6.45) is 1.98. The third kappa shape index (κ3) is 3.30. The summed E-state index contributed by atoms with van der Waals surface area (Å²) in [6, 6.07) is 8.67. The first kappa shape index (κ1) is 15.3. The van der Waals surface area contributed by atoms with Gasteiger partial charge in [-0.2, -0.15) is 5.10 Å². The largest absolute Gasteiger partial charge is 0.310 e. The molecule has 0 aliphatic rings. The van der Waals surface area contributed by atoms with E-state index in [0.717, 1.165) is 16.7 Å². The van der Waals surface area contributed by atoms with Crippen LogP contribution in [-0.2, 0) is 6.54 Å². The first-order chi connectivity index (χ1) is 9.50. The number of nitrogens with zero attached hydrogens (tertiary/aromatic N) is 2. The maximum Gasteiger partial charge on any atom is 0.0790 e. The van der Waals surface area contributed by atoms with Crippen molar-refractivity contribution in [1.82, 2.24) is 15.1 Å². The minimum absolute atomic E-state index is 0.425. The number of benzene rings is 1. The lowest BCUT2D eigenvalue weighted by atomic mass is 10.1. The number of nitrogens with one attached hydrogen (secondary N) is 1. The molecule has 108 valence electrons. The van der Waals surface area contributed by atoms with Crippen LogP contribution in [0.3, 0.4) is 0 Å². The van der Waals surface area contributed by atoms with Gasteiger partial charge in [-0.1, -0.05) is 39.8 Å². The molecule has 0 aliphatic carbocycles. The molecule has 0 atom stereocenters. The van der Waals surface area contributed by atoms with E-state index in [4.69, 9.17) is 0 Å². The van der Waals surface area contributed by atoms with E-state index in [-0.39, 0.29) is 0 Å². The molecule has 0 saturated heterocycles. The van der Waals surface area contributed by atoms with E-state index >= 15 is 0 Å². The Labute approximate surface area is 129 Å². The Morgan fingerprint density at radius 1 is 1.20 bits per heavy atom. The summed E-state index contributed by atoms with van der Waals surface area (Å²) < 4.78 is 3.11. The molecule has 1 aromatic heterocycles. The zero-order valence-electron chi connectivity index (χ0n) is 12.5. The lowest BCUT2D eigenvalue weighted by molar-refractivity contribution is 0.582. The summed E-state index contributed by atoms with van der Waals surface area (Å²) in [5.74, 6) is 0.425. The van der Waals surface area contributed by atoms with Crippen molar-refractivity contribution in [2.45, 2.75) is 46.2 Å². The molecule has 1 heterocycles. The number of para-hydroxylation sites is 1. The van der Waals surface area contributed by atoms with E-state index in [2.05, 4.69) is 60.1 Å². The summed E-state index contributed by atoms with van der Waals surface area (Å²) in [5, 5.41) is 8.06. The number of hydrogen-bond donors (Lipinski definition) is 1. The van der Waals surface area contributed by atoms with Gasteiger partial charge in [-0.3, -0.25) is 0 Å². The van der Waals surface area contributed by atoms with Gasteiger partial charge in [-0.25, -0.2) is 4.68 Å². The predicted octanol–water partition coefficient (Wildman–Crippen LogP) is 4.26. The lowest BCUT2D eigenvalue weighted by Gasteiger charge is -2.15. The molecular weight excluding hydrogens is 314 g/mol. The van der Waals surface area contributed by atoms with Crippen LogP contribution in [0.25, 0.3) is 5.69 Å². The van der Waals surface area contributed by atoms with E-state index in [9.17, 15) is 0 Å². The normalized spacial score (nSPS) is 11.6. The minimum Gasteiger partial charge on any atom is -0.310 e. The molecule has 0 spiro atoms. The minimum atomic E-state index is 0.425. The molecule has 0 aliphatic heterocycles. The second-order valence-electron chi connectivity index (χ2n) is 5.61. The Morgan fingerprint density at radius 3 is 2.50 bits per heavy atom. The standard InChI is InChI=1S/C16H22BrN3/c1-11(2)16-13(9-18-12(3)4)10-19-20(16)15-8-6-5-7-14(15)17/h5-8,10-12,18H,9H2,1-4H3. The zero-order valence-corrected chi connectivity index (χ0v) is 14.1. The summed E-state index contributed by atoms with van der Waals surface area (Å²) in [7, 11) is 0. The number of halogens is 1. The summed E-state index contributed by atoms with van der Waals surface area (Å²) in [6.45, 7) is 9.60. The van der Waals surface area contributed by atoms with Crippen LogP contribution >= 0.6 is 15.9 Å². The molecule has 4 heteroatoms. The Morgan fingerprint density at radius 2 is 1.90 bits per heavy atom. The van der Waals surface area contributed by atoms with Gasteiger partial charge < -0.3 is 5.32 Å². The Bertz CT molecular complexity index is 573. The van der Waals surface area contributed by atoms with Gasteiger partial charge in [0.2, 0.25) is 0 Å². The topological polar surface area (TPSA) is 29.9 Å². The van der Waals surface area contributed by atoms with Crippen LogP contribution in [0, 0.1) is 0 Å². The lowest BCUT2D eigenvalue weighted by Crippen LogP contribution is -2.22. The van der Waals surface area contributed by atoms with Crippen molar-refractivity contribution in [2.24, 2.45) is 0 Å². The van der Waals surface area contributed by atoms with Crippen molar-refractivity contribution in [1.29, 1.82) is 0 Å². The number of hydrogen-bond acceptors (Lipinski definition) is 2. The molecule has 0 amide bonds. The van der Waals surface area contributed by atoms with Gasteiger partial charge in [0, 0.05) is 22.6 Å². The smallest absolute Gasteiger partial charge is 0.0790 e. The molecule has 0 saturated carbocycles. The third-order valence-corrected chi connectivity index (χ3v) is 3.89. The SMILES string of the molecule is CC(C)NCc1cnn(-c2ccccc2Br)c1C(C)C. The van der Waals surface area contributed by atoms with Gasteiger partial charge in [0.15, 0.2) is 0 Å². The Hall–Kier alpha value is -1.13. The molecule has 1 aromatic carbocycles. The maximum atomic E-state index is 4.59. The monoisotopic (exact) mass is 335 g/mol. The third-order valence-electron chi connectivity index (χ3n) is 3.21. The second kappa shape index (κ2) is 6.55. The van der Waals surface area contributed by atoms with Gasteiger partial charge in [-0.15, -0.1) is 0 Å². The molecular formula is C16H22BrN3. The molecule has 3 nitrogen and oxygen atoms in total. The molecule has 0 radical (unpaired) electrons. The van der Waals surface area contributed by atoms with Crippen LogP contribution in [-0.4, -0.2) is 15.8 Å². The van der Waals surface area contributed by atoms with Gasteiger partial charge in [-0.05, 0) is 34.0 Å². The van der Waals surface area contributed by atoms with Gasteiger partial charge >= 0.3 is 0 Å². The van der Waals surface area contributed by atoms with Crippen LogP contribution in [0.1, 0.15) is 44.9 Å². The van der Waals surface area contributed by atoms with Crippen molar-refractivity contribution in [3.8, 4) is 5.69 Å². The molecule has 0 fully saturated rings. The average Bonchev–Trinajstić information content (AvgIpc) is 2.80. The van der Waals surface area contributed by atoms with Crippen LogP contribution in [0.5, 0.6) is 0 Å². The van der Waals surface area contributed by atoms with Crippen molar-refractivity contribution in [2.75, 3.05) is 0 Å². The molecule has 20 heavy (non-hydrogen) atoms. The Kier molecular flexibility index (Phi) is 5.00. The van der Waals surface area contributed by atoms with Crippen molar-refractivity contribution in [3.63, 3.8) is 0 Å². The van der Waals surface area contributed by atoms with E-state index in [1.54, 1.807) is 0 Å². The van der Waals surface area contributed by atoms with Crippen molar-refractivity contribution >= 4 is 15.9 Å². The first-order valence-electron chi connectivity index (χ1n) is 7.05. The fraction of sp³-hybridized carbons (Fsp3) is 0.438. The quantitative estimate of drug-likeness (QED) is 0.884. The second-order valence-corrected chi connectivity index (χ2v) is 6.46. The zero-order chi connectivity index (χ0) is 14.7. The molecule has 2 rings (SSSR count). The summed E-state index contributed by atoms with van der Waals surface area (Å²) in [4.78, 5) is 0. The first-order valence-corrected chi connectivity index (χ1v) is 7.85. The maximum absolute atomic E-state index is 4.59. The van der Waals surface area contributed by atoms with Crippen molar-refractivity contribution < 1.29 is 0 Å². The highest BCUT2D eigenvalue weighted by Gasteiger charge is 2.16. The van der Waals surface area contributed by atoms with E-state index < -0.39 is 0 Å². The Balaban J connectivity index is 2.42. The highest BCUT2D eigenvalue weighted by Crippen LogP contribution is 2.27. The molecule has 0 unspecified atom stereocenters. The van der Waals surface area contributed by atoms with Crippen LogP contribution < -0.4 is 5.32 Å². The fourth-order valence-corrected chi connectivity index (χ4v) is 2.73. The predicted molar refractivity (Wildman–Crippen MR) is 87.3 cm³/mol. The van der Waals surface area contributed by atoms with E-state index in [1.807, 2.05) is 29.1 Å².